The molecule has 0 aliphatic carbocycles. The van der Waals surface area contributed by atoms with Gasteiger partial charge in [0.2, 0.25) is 0 Å². The Kier molecular flexibility index (Phi) is 10.6. The van der Waals surface area contributed by atoms with Crippen LogP contribution in [-0.4, -0.2) is 56.3 Å². The number of aliphatic imine (C=N–C) groups is 1. The lowest BCUT2D eigenvalue weighted by Crippen LogP contribution is -2.45. The maximum absolute atomic E-state index is 12.5. The number of nitrogens with one attached hydrogen (secondary N) is 2. The predicted octanol–water partition coefficient (Wildman–Crippen LogP) is 3.47. The van der Waals surface area contributed by atoms with Gasteiger partial charge in [-0.1, -0.05) is 6.07 Å². The van der Waals surface area contributed by atoms with Crippen LogP contribution in [0.3, 0.4) is 0 Å². The Balaban J connectivity index is 2.62. The van der Waals surface area contributed by atoms with Gasteiger partial charge in [0.15, 0.2) is 17.5 Å². The number of benzene rings is 1. The van der Waals surface area contributed by atoms with E-state index in [-0.39, 0.29) is 5.75 Å². The number of halogens is 2. The summed E-state index contributed by atoms with van der Waals surface area (Å²) in [5.74, 6) is 1.01. The van der Waals surface area contributed by atoms with Gasteiger partial charge in [-0.25, -0.2) is 0 Å². The normalized spacial score (nSPS) is 12.2. The lowest BCUT2D eigenvalue weighted by molar-refractivity contribution is -0.0514. The van der Waals surface area contributed by atoms with E-state index in [0.717, 1.165) is 18.7 Å². The zero-order valence-electron chi connectivity index (χ0n) is 17.8. The molecule has 0 aliphatic rings. The highest BCUT2D eigenvalue weighted by Crippen LogP contribution is 2.29. The van der Waals surface area contributed by atoms with E-state index >= 15 is 0 Å². The lowest BCUT2D eigenvalue weighted by atomic mass is 10.2. The van der Waals surface area contributed by atoms with Crippen LogP contribution in [0.2, 0.25) is 0 Å². The van der Waals surface area contributed by atoms with Gasteiger partial charge in [0, 0.05) is 38.8 Å². The zero-order chi connectivity index (χ0) is 21.1. The summed E-state index contributed by atoms with van der Waals surface area (Å²) in [6, 6.07) is 5.86. The summed E-state index contributed by atoms with van der Waals surface area (Å²) < 4.78 is 34.9. The SMILES string of the molecule is CCOc1cc(CNC(=NC)NCCN(C(C)C)C(C)C)ccc1OC(F)F. The number of ether oxygens (including phenoxy) is 2. The van der Waals surface area contributed by atoms with E-state index in [1.165, 1.54) is 6.07 Å². The van der Waals surface area contributed by atoms with Crippen molar-refractivity contribution >= 4 is 5.96 Å². The quantitative estimate of drug-likeness (QED) is 0.440. The van der Waals surface area contributed by atoms with Crippen molar-refractivity contribution in [1.82, 2.24) is 15.5 Å². The third-order valence-corrected chi connectivity index (χ3v) is 4.20. The summed E-state index contributed by atoms with van der Waals surface area (Å²) in [4.78, 5) is 6.63. The molecule has 1 rings (SSSR count). The number of hydrogen-bond donors (Lipinski definition) is 2. The van der Waals surface area contributed by atoms with Gasteiger partial charge in [0.05, 0.1) is 6.61 Å². The minimum absolute atomic E-state index is 0.0329. The van der Waals surface area contributed by atoms with Gasteiger partial charge >= 0.3 is 6.61 Å². The maximum Gasteiger partial charge on any atom is 0.387 e. The first kappa shape index (κ1) is 23.9. The molecule has 0 amide bonds. The molecule has 0 saturated carbocycles. The Morgan fingerprint density at radius 2 is 1.79 bits per heavy atom. The van der Waals surface area contributed by atoms with Crippen LogP contribution in [0.25, 0.3) is 0 Å². The van der Waals surface area contributed by atoms with Crippen LogP contribution < -0.4 is 20.1 Å². The van der Waals surface area contributed by atoms with Gasteiger partial charge in [-0.05, 0) is 52.3 Å². The van der Waals surface area contributed by atoms with Crippen molar-refractivity contribution in [3.05, 3.63) is 23.8 Å². The van der Waals surface area contributed by atoms with Crippen molar-refractivity contribution in [2.45, 2.75) is 59.9 Å². The summed E-state index contributed by atoms with van der Waals surface area (Å²) in [7, 11) is 1.71. The van der Waals surface area contributed by atoms with Crippen LogP contribution in [0.1, 0.15) is 40.2 Å². The van der Waals surface area contributed by atoms with E-state index in [1.54, 1.807) is 26.1 Å². The predicted molar refractivity (Wildman–Crippen MR) is 109 cm³/mol. The monoisotopic (exact) mass is 400 g/mol. The van der Waals surface area contributed by atoms with Gasteiger partial charge in [0.1, 0.15) is 0 Å². The van der Waals surface area contributed by atoms with Crippen molar-refractivity contribution in [3.63, 3.8) is 0 Å². The second kappa shape index (κ2) is 12.4. The summed E-state index contributed by atoms with van der Waals surface area (Å²) in [5, 5.41) is 6.52. The molecule has 0 unspecified atom stereocenters. The number of hydrogen-bond acceptors (Lipinski definition) is 4. The molecule has 0 fully saturated rings. The van der Waals surface area contributed by atoms with E-state index < -0.39 is 6.61 Å². The molecule has 0 spiro atoms. The maximum atomic E-state index is 12.5. The third kappa shape index (κ3) is 8.29. The molecule has 160 valence electrons. The Morgan fingerprint density at radius 3 is 2.32 bits per heavy atom. The topological polar surface area (TPSA) is 58.1 Å². The first-order chi connectivity index (χ1) is 13.3. The highest BCUT2D eigenvalue weighted by molar-refractivity contribution is 5.79. The summed E-state index contributed by atoms with van der Waals surface area (Å²) in [6.45, 7) is 10.2. The largest absolute Gasteiger partial charge is 0.490 e. The standard InChI is InChI=1S/C20H34F2N4O2/c1-7-27-18-12-16(8-9-17(18)28-19(21)22)13-25-20(23-6)24-10-11-26(14(2)3)15(4)5/h8-9,12,14-15,19H,7,10-11,13H2,1-6H3,(H2,23,24,25). The number of alkyl halides is 2. The van der Waals surface area contributed by atoms with Gasteiger partial charge in [-0.2, -0.15) is 8.78 Å². The Morgan fingerprint density at radius 1 is 1.11 bits per heavy atom. The lowest BCUT2D eigenvalue weighted by Gasteiger charge is -2.30. The molecule has 0 saturated heterocycles. The van der Waals surface area contributed by atoms with Crippen molar-refractivity contribution in [1.29, 1.82) is 0 Å². The highest BCUT2D eigenvalue weighted by Gasteiger charge is 2.13. The van der Waals surface area contributed by atoms with E-state index in [1.807, 2.05) is 0 Å². The van der Waals surface area contributed by atoms with Crippen LogP contribution >= 0.6 is 0 Å². The molecular formula is C20H34F2N4O2. The molecule has 28 heavy (non-hydrogen) atoms. The third-order valence-electron chi connectivity index (χ3n) is 4.20. The fourth-order valence-corrected chi connectivity index (χ4v) is 2.95. The minimum Gasteiger partial charge on any atom is -0.490 e. The molecule has 1 aromatic rings. The van der Waals surface area contributed by atoms with Crippen LogP contribution in [0, 0.1) is 0 Å². The molecule has 1 aromatic carbocycles. The van der Waals surface area contributed by atoms with E-state index in [2.05, 4.69) is 53.0 Å². The van der Waals surface area contributed by atoms with E-state index in [0.29, 0.717) is 36.9 Å². The van der Waals surface area contributed by atoms with Gasteiger partial charge < -0.3 is 20.1 Å². The second-order valence-electron chi connectivity index (χ2n) is 6.87. The number of guanidine groups is 1. The molecule has 0 heterocycles. The molecule has 0 aromatic heterocycles. The summed E-state index contributed by atoms with van der Waals surface area (Å²) >= 11 is 0. The van der Waals surface area contributed by atoms with Gasteiger partial charge in [0.25, 0.3) is 0 Å². The molecule has 0 radical (unpaired) electrons. The van der Waals surface area contributed by atoms with Crippen LogP contribution in [0.5, 0.6) is 11.5 Å². The molecule has 8 heteroatoms. The number of rotatable bonds is 11. The van der Waals surface area contributed by atoms with Crippen molar-refractivity contribution < 1.29 is 18.3 Å². The zero-order valence-corrected chi connectivity index (χ0v) is 17.8. The van der Waals surface area contributed by atoms with Crippen LogP contribution in [0.4, 0.5) is 8.78 Å². The minimum atomic E-state index is -2.89. The van der Waals surface area contributed by atoms with E-state index in [4.69, 9.17) is 4.74 Å². The summed E-state index contributed by atoms with van der Waals surface area (Å²) in [6.07, 6.45) is 0. The molecule has 6 nitrogen and oxygen atoms in total. The smallest absolute Gasteiger partial charge is 0.387 e. The van der Waals surface area contributed by atoms with Crippen molar-refractivity contribution in [3.8, 4) is 11.5 Å². The number of nitrogens with zero attached hydrogens (tertiary/aromatic N) is 2. The Labute approximate surface area is 167 Å². The fourth-order valence-electron chi connectivity index (χ4n) is 2.95. The van der Waals surface area contributed by atoms with Crippen molar-refractivity contribution in [2.24, 2.45) is 4.99 Å². The van der Waals surface area contributed by atoms with Crippen LogP contribution in [-0.2, 0) is 6.54 Å². The molecule has 2 N–H and O–H groups in total. The van der Waals surface area contributed by atoms with Gasteiger partial charge in [-0.3, -0.25) is 9.89 Å². The first-order valence-corrected chi connectivity index (χ1v) is 9.69. The van der Waals surface area contributed by atoms with Gasteiger partial charge in [-0.15, -0.1) is 0 Å². The fraction of sp³-hybridized carbons (Fsp3) is 0.650. The molecule has 0 bridgehead atoms. The first-order valence-electron chi connectivity index (χ1n) is 9.69. The molecular weight excluding hydrogens is 366 g/mol. The average Bonchev–Trinajstić information content (AvgIpc) is 2.62. The second-order valence-corrected chi connectivity index (χ2v) is 6.87. The molecule has 0 aliphatic heterocycles. The van der Waals surface area contributed by atoms with Crippen molar-refractivity contribution in [2.75, 3.05) is 26.7 Å². The van der Waals surface area contributed by atoms with Crippen LogP contribution in [0.15, 0.2) is 23.2 Å². The van der Waals surface area contributed by atoms with E-state index in [9.17, 15) is 8.78 Å². The summed E-state index contributed by atoms with van der Waals surface area (Å²) in [5.41, 5.74) is 0.874. The Bertz CT molecular complexity index is 602. The average molecular weight is 401 g/mol. The molecule has 0 atom stereocenters. The Hall–Kier alpha value is -2.09. The highest BCUT2D eigenvalue weighted by atomic mass is 19.3.